The maximum absolute atomic E-state index is 9.79. The molecule has 0 radical (unpaired) electrons. The Labute approximate surface area is 134 Å². The van der Waals surface area contributed by atoms with Crippen LogP contribution in [0.2, 0.25) is 0 Å². The Morgan fingerprint density at radius 3 is 2.64 bits per heavy atom. The van der Waals surface area contributed by atoms with E-state index < -0.39 is 0 Å². The summed E-state index contributed by atoms with van der Waals surface area (Å²) in [7, 11) is 1.63. The van der Waals surface area contributed by atoms with Gasteiger partial charge in [-0.2, -0.15) is 0 Å². The summed E-state index contributed by atoms with van der Waals surface area (Å²) >= 11 is 0. The van der Waals surface area contributed by atoms with Crippen LogP contribution in [-0.4, -0.2) is 55.5 Å². The van der Waals surface area contributed by atoms with E-state index in [1.807, 2.05) is 0 Å². The number of rotatable bonds is 7. The Bertz CT molecular complexity index is 456. The van der Waals surface area contributed by atoms with Crippen molar-refractivity contribution in [3.63, 3.8) is 0 Å². The first kappa shape index (κ1) is 17.4. The summed E-state index contributed by atoms with van der Waals surface area (Å²) < 4.78 is 4.98. The number of nitrogens with one attached hydrogen (secondary N) is 1. The second-order valence-electron chi connectivity index (χ2n) is 6.48. The molecule has 0 saturated carbocycles. The highest BCUT2D eigenvalue weighted by Crippen LogP contribution is 2.13. The van der Waals surface area contributed by atoms with Gasteiger partial charge in [0.05, 0.1) is 12.7 Å². The van der Waals surface area contributed by atoms with E-state index in [-0.39, 0.29) is 6.10 Å². The first-order valence-electron chi connectivity index (χ1n) is 8.27. The van der Waals surface area contributed by atoms with Crippen molar-refractivity contribution >= 4 is 0 Å². The number of β-amino-alcohol motifs (C(OH)–C–C–N with tert-alkyl or cyclic N) is 1. The van der Waals surface area contributed by atoms with Gasteiger partial charge in [-0.05, 0) is 56.5 Å². The average molecular weight is 306 g/mol. The Kier molecular flexibility index (Phi) is 6.83. The van der Waals surface area contributed by atoms with Gasteiger partial charge in [0, 0.05) is 26.2 Å². The molecular formula is C18H30N2O2. The second kappa shape index (κ2) is 8.63. The molecule has 4 nitrogen and oxygen atoms in total. The van der Waals surface area contributed by atoms with E-state index in [4.69, 9.17) is 4.74 Å². The lowest BCUT2D eigenvalue weighted by Gasteiger charge is -2.33. The molecule has 1 aromatic carbocycles. The van der Waals surface area contributed by atoms with Crippen molar-refractivity contribution in [2.45, 2.75) is 45.4 Å². The van der Waals surface area contributed by atoms with Crippen molar-refractivity contribution in [3.05, 3.63) is 34.9 Å². The molecule has 1 saturated heterocycles. The van der Waals surface area contributed by atoms with Crippen LogP contribution in [0, 0.1) is 13.8 Å². The topological polar surface area (TPSA) is 44.7 Å². The first-order chi connectivity index (χ1) is 10.6. The zero-order valence-electron chi connectivity index (χ0n) is 14.1. The van der Waals surface area contributed by atoms with Crippen LogP contribution in [0.25, 0.3) is 0 Å². The summed E-state index contributed by atoms with van der Waals surface area (Å²) in [5.41, 5.74) is 4.08. The van der Waals surface area contributed by atoms with Crippen LogP contribution < -0.4 is 5.32 Å². The molecule has 1 aliphatic rings. The highest BCUT2D eigenvalue weighted by Gasteiger charge is 2.20. The third-order valence-electron chi connectivity index (χ3n) is 4.58. The first-order valence-corrected chi connectivity index (χ1v) is 8.27. The molecule has 124 valence electrons. The van der Waals surface area contributed by atoms with Gasteiger partial charge in [0.1, 0.15) is 0 Å². The van der Waals surface area contributed by atoms with Crippen molar-refractivity contribution in [2.75, 3.05) is 33.4 Å². The van der Waals surface area contributed by atoms with Crippen molar-refractivity contribution < 1.29 is 9.84 Å². The van der Waals surface area contributed by atoms with Gasteiger partial charge >= 0.3 is 0 Å². The van der Waals surface area contributed by atoms with Gasteiger partial charge in [-0.3, -0.25) is 0 Å². The molecule has 1 unspecified atom stereocenters. The fourth-order valence-electron chi connectivity index (χ4n) is 3.04. The molecule has 1 aliphatic heterocycles. The molecule has 22 heavy (non-hydrogen) atoms. The maximum Gasteiger partial charge on any atom is 0.0900 e. The number of methoxy groups -OCH3 is 1. The van der Waals surface area contributed by atoms with E-state index in [1.165, 1.54) is 16.7 Å². The SMILES string of the molecule is COCC(O)CN1CCC(NCc2ccc(C)c(C)c2)CC1. The Morgan fingerprint density at radius 2 is 2.00 bits per heavy atom. The van der Waals surface area contributed by atoms with Gasteiger partial charge in [0.15, 0.2) is 0 Å². The molecule has 0 aromatic heterocycles. The number of likely N-dealkylation sites (tertiary alicyclic amines) is 1. The molecule has 0 aliphatic carbocycles. The smallest absolute Gasteiger partial charge is 0.0900 e. The molecule has 0 amide bonds. The van der Waals surface area contributed by atoms with Crippen LogP contribution in [0.3, 0.4) is 0 Å². The highest BCUT2D eigenvalue weighted by atomic mass is 16.5. The van der Waals surface area contributed by atoms with Gasteiger partial charge < -0.3 is 20.1 Å². The number of aryl methyl sites for hydroxylation is 2. The summed E-state index contributed by atoms with van der Waals surface area (Å²) in [6, 6.07) is 7.27. The molecule has 1 fully saturated rings. The molecule has 2 N–H and O–H groups in total. The molecule has 4 heteroatoms. The number of hydrogen-bond donors (Lipinski definition) is 2. The van der Waals surface area contributed by atoms with E-state index >= 15 is 0 Å². The Hall–Kier alpha value is -0.940. The number of hydrogen-bond acceptors (Lipinski definition) is 4. The van der Waals surface area contributed by atoms with Crippen LogP contribution in [-0.2, 0) is 11.3 Å². The molecule has 1 heterocycles. The largest absolute Gasteiger partial charge is 0.389 e. The molecule has 0 bridgehead atoms. The minimum absolute atomic E-state index is 0.370. The summed E-state index contributed by atoms with van der Waals surface area (Å²) in [5, 5.41) is 13.5. The van der Waals surface area contributed by atoms with Gasteiger partial charge in [0.25, 0.3) is 0 Å². The Balaban J connectivity index is 1.70. The van der Waals surface area contributed by atoms with Crippen molar-refractivity contribution in [3.8, 4) is 0 Å². The zero-order valence-corrected chi connectivity index (χ0v) is 14.1. The Morgan fingerprint density at radius 1 is 1.27 bits per heavy atom. The molecule has 0 spiro atoms. The van der Waals surface area contributed by atoms with E-state index in [1.54, 1.807) is 7.11 Å². The maximum atomic E-state index is 9.79. The summed E-state index contributed by atoms with van der Waals surface area (Å²) in [4.78, 5) is 2.33. The van der Waals surface area contributed by atoms with E-state index in [9.17, 15) is 5.11 Å². The van der Waals surface area contributed by atoms with Crippen LogP contribution in [0.15, 0.2) is 18.2 Å². The fraction of sp³-hybridized carbons (Fsp3) is 0.667. The van der Waals surface area contributed by atoms with E-state index in [2.05, 4.69) is 42.3 Å². The highest BCUT2D eigenvalue weighted by molar-refractivity contribution is 5.29. The zero-order chi connectivity index (χ0) is 15.9. The summed E-state index contributed by atoms with van der Waals surface area (Å²) in [6.45, 7) is 8.50. The van der Waals surface area contributed by atoms with Gasteiger partial charge in [0.2, 0.25) is 0 Å². The normalized spacial score (nSPS) is 18.5. The number of piperidine rings is 1. The molecule has 2 rings (SSSR count). The fourth-order valence-corrected chi connectivity index (χ4v) is 3.04. The monoisotopic (exact) mass is 306 g/mol. The quantitative estimate of drug-likeness (QED) is 0.807. The van der Waals surface area contributed by atoms with Crippen molar-refractivity contribution in [1.29, 1.82) is 0 Å². The number of nitrogens with zero attached hydrogens (tertiary/aromatic N) is 1. The summed E-state index contributed by atoms with van der Waals surface area (Å²) in [6.07, 6.45) is 1.92. The molecule has 1 atom stereocenters. The van der Waals surface area contributed by atoms with E-state index in [0.717, 1.165) is 39.0 Å². The third kappa shape index (κ3) is 5.36. The average Bonchev–Trinajstić information content (AvgIpc) is 2.50. The number of aliphatic hydroxyl groups is 1. The lowest BCUT2D eigenvalue weighted by molar-refractivity contribution is 0.0310. The third-order valence-corrected chi connectivity index (χ3v) is 4.58. The van der Waals surface area contributed by atoms with Gasteiger partial charge in [-0.15, -0.1) is 0 Å². The van der Waals surface area contributed by atoms with Crippen molar-refractivity contribution in [1.82, 2.24) is 10.2 Å². The number of benzene rings is 1. The van der Waals surface area contributed by atoms with Crippen LogP contribution >= 0.6 is 0 Å². The molecular weight excluding hydrogens is 276 g/mol. The standard InChI is InChI=1S/C18H30N2O2/c1-14-4-5-16(10-15(14)2)11-19-17-6-8-20(9-7-17)12-18(21)13-22-3/h4-5,10,17-19,21H,6-9,11-13H2,1-3H3. The molecule has 1 aromatic rings. The lowest BCUT2D eigenvalue weighted by atomic mass is 10.0. The summed E-state index contributed by atoms with van der Waals surface area (Å²) in [5.74, 6) is 0. The lowest BCUT2D eigenvalue weighted by Crippen LogP contribution is -2.45. The minimum atomic E-state index is -0.370. The van der Waals surface area contributed by atoms with Crippen LogP contribution in [0.4, 0.5) is 0 Å². The van der Waals surface area contributed by atoms with Gasteiger partial charge in [-0.1, -0.05) is 18.2 Å². The van der Waals surface area contributed by atoms with Crippen LogP contribution in [0.5, 0.6) is 0 Å². The van der Waals surface area contributed by atoms with Gasteiger partial charge in [-0.25, -0.2) is 0 Å². The predicted octanol–water partition coefficient (Wildman–Crippen LogP) is 1.86. The van der Waals surface area contributed by atoms with E-state index in [0.29, 0.717) is 12.6 Å². The number of ether oxygens (including phenoxy) is 1. The van der Waals surface area contributed by atoms with Crippen LogP contribution in [0.1, 0.15) is 29.5 Å². The minimum Gasteiger partial charge on any atom is -0.389 e. The second-order valence-corrected chi connectivity index (χ2v) is 6.48. The predicted molar refractivity (Wildman–Crippen MR) is 90.1 cm³/mol. The number of aliphatic hydroxyl groups excluding tert-OH is 1. The van der Waals surface area contributed by atoms with Crippen molar-refractivity contribution in [2.24, 2.45) is 0 Å².